The molecule has 2 aromatic rings. The van der Waals surface area contributed by atoms with E-state index in [1.165, 1.54) is 0 Å². The second-order valence-electron chi connectivity index (χ2n) is 3.60. The van der Waals surface area contributed by atoms with Gasteiger partial charge in [-0.1, -0.05) is 12.1 Å². The van der Waals surface area contributed by atoms with Crippen LogP contribution < -0.4 is 5.73 Å². The second kappa shape index (κ2) is 4.89. The summed E-state index contributed by atoms with van der Waals surface area (Å²) in [7, 11) is 0. The van der Waals surface area contributed by atoms with Crippen LogP contribution in [0.2, 0.25) is 0 Å². The molecule has 86 valence electrons. The smallest absolute Gasteiger partial charge is 0.131 e. The molecule has 0 atom stereocenters. The third-order valence-corrected chi connectivity index (χ3v) is 2.31. The lowest BCUT2D eigenvalue weighted by atomic mass is 10.3. The Morgan fingerprint density at radius 1 is 1.38 bits per heavy atom. The molecule has 6 nitrogen and oxygen atoms in total. The van der Waals surface area contributed by atoms with E-state index >= 15 is 0 Å². The molecule has 16 heavy (non-hydrogen) atoms. The molecule has 0 fully saturated rings. The quantitative estimate of drug-likeness (QED) is 0.796. The number of aryl methyl sites for hydroxylation is 1. The summed E-state index contributed by atoms with van der Waals surface area (Å²) in [6, 6.07) is 1.95. The van der Waals surface area contributed by atoms with E-state index in [0.717, 1.165) is 24.4 Å². The van der Waals surface area contributed by atoms with E-state index < -0.39 is 0 Å². The van der Waals surface area contributed by atoms with Crippen LogP contribution in [0.25, 0.3) is 11.4 Å². The Balaban J connectivity index is 2.24. The van der Waals surface area contributed by atoms with Crippen molar-refractivity contribution in [2.45, 2.75) is 26.4 Å². The Kier molecular flexibility index (Phi) is 3.31. The third-order valence-electron chi connectivity index (χ3n) is 2.31. The molecule has 2 rings (SSSR count). The van der Waals surface area contributed by atoms with Gasteiger partial charge in [0.05, 0.1) is 18.4 Å². The molecule has 0 saturated carbocycles. The summed E-state index contributed by atoms with van der Waals surface area (Å²) in [5, 5.41) is 12.4. The van der Waals surface area contributed by atoms with E-state index in [-0.39, 0.29) is 0 Å². The van der Waals surface area contributed by atoms with Crippen molar-refractivity contribution in [1.82, 2.24) is 24.8 Å². The summed E-state index contributed by atoms with van der Waals surface area (Å²) in [5.74, 6) is 0. The third kappa shape index (κ3) is 2.11. The van der Waals surface area contributed by atoms with E-state index in [1.807, 2.05) is 16.9 Å². The summed E-state index contributed by atoms with van der Waals surface area (Å²) in [6.07, 6.45) is 4.73. The van der Waals surface area contributed by atoms with Gasteiger partial charge in [-0.2, -0.15) is 5.10 Å². The van der Waals surface area contributed by atoms with Crippen molar-refractivity contribution in [1.29, 1.82) is 0 Å². The van der Waals surface area contributed by atoms with E-state index in [2.05, 4.69) is 22.3 Å². The van der Waals surface area contributed by atoms with Gasteiger partial charge in [0.15, 0.2) is 0 Å². The van der Waals surface area contributed by atoms with E-state index in [0.29, 0.717) is 13.1 Å². The lowest BCUT2D eigenvalue weighted by Crippen LogP contribution is -2.10. The molecule has 2 heterocycles. The number of aromatic nitrogens is 5. The minimum atomic E-state index is 0.566. The van der Waals surface area contributed by atoms with Gasteiger partial charge in [0.2, 0.25) is 0 Å². The van der Waals surface area contributed by atoms with Gasteiger partial charge in [0, 0.05) is 19.3 Å². The fraction of sp³-hybridized carbons (Fsp3) is 0.500. The molecular formula is C10H16N6. The van der Waals surface area contributed by atoms with Crippen molar-refractivity contribution in [3.8, 4) is 11.4 Å². The summed E-state index contributed by atoms with van der Waals surface area (Å²) in [6.45, 7) is 4.27. The Morgan fingerprint density at radius 3 is 3.00 bits per heavy atom. The van der Waals surface area contributed by atoms with Crippen LogP contribution in [0.1, 0.15) is 13.3 Å². The highest BCUT2D eigenvalue weighted by Gasteiger charge is 2.08. The van der Waals surface area contributed by atoms with Crippen LogP contribution in [-0.2, 0) is 13.1 Å². The van der Waals surface area contributed by atoms with Gasteiger partial charge >= 0.3 is 0 Å². The minimum Gasteiger partial charge on any atom is -0.329 e. The van der Waals surface area contributed by atoms with Crippen molar-refractivity contribution in [3.63, 3.8) is 0 Å². The summed E-state index contributed by atoms with van der Waals surface area (Å²) in [4.78, 5) is 0. The fourth-order valence-corrected chi connectivity index (χ4v) is 1.60. The van der Waals surface area contributed by atoms with Gasteiger partial charge in [0.1, 0.15) is 5.69 Å². The topological polar surface area (TPSA) is 74.5 Å². The van der Waals surface area contributed by atoms with Gasteiger partial charge in [-0.15, -0.1) is 5.10 Å². The predicted octanol–water partition coefficient (Wildman–Crippen LogP) is 0.510. The van der Waals surface area contributed by atoms with Crippen LogP contribution in [0.4, 0.5) is 0 Å². The fourth-order valence-electron chi connectivity index (χ4n) is 1.60. The molecule has 0 aromatic carbocycles. The molecule has 0 spiro atoms. The average Bonchev–Trinajstić information content (AvgIpc) is 2.87. The van der Waals surface area contributed by atoms with Crippen molar-refractivity contribution in [2.24, 2.45) is 5.73 Å². The van der Waals surface area contributed by atoms with Gasteiger partial charge in [-0.25, -0.2) is 0 Å². The van der Waals surface area contributed by atoms with Gasteiger partial charge in [0.25, 0.3) is 0 Å². The first-order valence-electron chi connectivity index (χ1n) is 5.47. The largest absolute Gasteiger partial charge is 0.329 e. The molecule has 0 bridgehead atoms. The first-order chi connectivity index (χ1) is 7.85. The number of rotatable bonds is 5. The molecule has 0 amide bonds. The molecule has 0 radical (unpaired) electrons. The molecule has 2 aromatic heterocycles. The Hall–Kier alpha value is -1.69. The lowest BCUT2D eigenvalue weighted by molar-refractivity contribution is 0.598. The van der Waals surface area contributed by atoms with Crippen LogP contribution in [-0.4, -0.2) is 31.3 Å². The molecule has 2 N–H and O–H groups in total. The Labute approximate surface area is 94.1 Å². The molecule has 0 unspecified atom stereocenters. The number of hydrogen-bond acceptors (Lipinski definition) is 4. The molecule has 0 aliphatic rings. The van der Waals surface area contributed by atoms with E-state index in [9.17, 15) is 0 Å². The van der Waals surface area contributed by atoms with Crippen LogP contribution in [0.15, 0.2) is 18.5 Å². The zero-order chi connectivity index (χ0) is 11.4. The predicted molar refractivity (Wildman–Crippen MR) is 60.6 cm³/mol. The second-order valence-corrected chi connectivity index (χ2v) is 3.60. The SMILES string of the molecule is CCCn1nccc1-c1cn(CCN)nn1. The normalized spacial score (nSPS) is 10.9. The Bertz CT molecular complexity index is 444. The zero-order valence-electron chi connectivity index (χ0n) is 9.37. The first-order valence-corrected chi connectivity index (χ1v) is 5.47. The maximum absolute atomic E-state index is 5.46. The average molecular weight is 220 g/mol. The first kappa shape index (κ1) is 10.8. The monoisotopic (exact) mass is 220 g/mol. The van der Waals surface area contributed by atoms with Crippen LogP contribution in [0.3, 0.4) is 0 Å². The highest BCUT2D eigenvalue weighted by atomic mass is 15.4. The van der Waals surface area contributed by atoms with Gasteiger partial charge in [-0.05, 0) is 12.5 Å². The molecule has 6 heteroatoms. The molecular weight excluding hydrogens is 204 g/mol. The van der Waals surface area contributed by atoms with Crippen molar-refractivity contribution in [2.75, 3.05) is 6.54 Å². The van der Waals surface area contributed by atoms with Crippen molar-refractivity contribution < 1.29 is 0 Å². The lowest BCUT2D eigenvalue weighted by Gasteiger charge is -2.01. The molecule has 0 aliphatic carbocycles. The summed E-state index contributed by atoms with van der Waals surface area (Å²) >= 11 is 0. The number of nitrogens with two attached hydrogens (primary N) is 1. The molecule has 0 aliphatic heterocycles. The van der Waals surface area contributed by atoms with Gasteiger partial charge in [-0.3, -0.25) is 9.36 Å². The number of nitrogens with zero attached hydrogens (tertiary/aromatic N) is 5. The van der Waals surface area contributed by atoms with Crippen LogP contribution >= 0.6 is 0 Å². The summed E-state index contributed by atoms with van der Waals surface area (Å²) in [5.41, 5.74) is 7.31. The minimum absolute atomic E-state index is 0.566. The number of hydrogen-bond donors (Lipinski definition) is 1. The standard InChI is InChI=1S/C10H16N6/c1-2-6-16-10(3-5-12-16)9-8-15(7-4-11)14-13-9/h3,5,8H,2,4,6-7,11H2,1H3. The van der Waals surface area contributed by atoms with Crippen molar-refractivity contribution >= 4 is 0 Å². The summed E-state index contributed by atoms with van der Waals surface area (Å²) < 4.78 is 3.69. The maximum atomic E-state index is 5.46. The highest BCUT2D eigenvalue weighted by molar-refractivity contribution is 5.52. The van der Waals surface area contributed by atoms with Crippen LogP contribution in [0, 0.1) is 0 Å². The zero-order valence-corrected chi connectivity index (χ0v) is 9.37. The maximum Gasteiger partial charge on any atom is 0.131 e. The molecule has 0 saturated heterocycles. The van der Waals surface area contributed by atoms with Crippen molar-refractivity contribution in [3.05, 3.63) is 18.5 Å². The van der Waals surface area contributed by atoms with Gasteiger partial charge < -0.3 is 5.73 Å². The van der Waals surface area contributed by atoms with E-state index in [1.54, 1.807) is 10.9 Å². The highest BCUT2D eigenvalue weighted by Crippen LogP contribution is 2.15. The Morgan fingerprint density at radius 2 is 2.25 bits per heavy atom. The van der Waals surface area contributed by atoms with Crippen LogP contribution in [0.5, 0.6) is 0 Å². The van der Waals surface area contributed by atoms with E-state index in [4.69, 9.17) is 5.73 Å².